The summed E-state index contributed by atoms with van der Waals surface area (Å²) in [6.45, 7) is 3.02. The second-order valence-electron chi connectivity index (χ2n) is 2.79. The zero-order valence-corrected chi connectivity index (χ0v) is 6.08. The number of rotatable bonds is 1. The van der Waals surface area contributed by atoms with E-state index in [0.717, 1.165) is 0 Å². The van der Waals surface area contributed by atoms with Crippen LogP contribution in [0.5, 0.6) is 0 Å². The Balaban J connectivity index is 2.31. The quantitative estimate of drug-likeness (QED) is 0.469. The first-order chi connectivity index (χ1) is 4.61. The Bertz CT molecular complexity index is 140. The average molecular weight is 143 g/mol. The molecule has 1 amide bonds. The molecule has 1 atom stereocenters. The molecule has 0 saturated carbocycles. The zero-order chi connectivity index (χ0) is 7.72. The van der Waals surface area contributed by atoms with Crippen LogP contribution in [-0.4, -0.2) is 36.0 Å². The smallest absolute Gasteiger partial charge is 0.239 e. The minimum atomic E-state index is -0.382. The fraction of sp³-hybridized carbons (Fsp3) is 0.833. The maximum Gasteiger partial charge on any atom is 0.239 e. The lowest BCUT2D eigenvalue weighted by atomic mass is 10.1. The van der Waals surface area contributed by atoms with E-state index in [4.69, 9.17) is 11.5 Å². The summed E-state index contributed by atoms with van der Waals surface area (Å²) >= 11 is 0. The van der Waals surface area contributed by atoms with Crippen LogP contribution < -0.4 is 11.5 Å². The Kier molecular flexibility index (Phi) is 1.92. The molecule has 4 nitrogen and oxygen atoms in total. The summed E-state index contributed by atoms with van der Waals surface area (Å²) in [7, 11) is 0. The topological polar surface area (TPSA) is 72.4 Å². The minimum absolute atomic E-state index is 0.00157. The van der Waals surface area contributed by atoms with Crippen LogP contribution in [0.3, 0.4) is 0 Å². The summed E-state index contributed by atoms with van der Waals surface area (Å²) in [5, 5.41) is 0. The van der Waals surface area contributed by atoms with Gasteiger partial charge in [-0.15, -0.1) is 0 Å². The first-order valence-electron chi connectivity index (χ1n) is 3.41. The van der Waals surface area contributed by atoms with E-state index in [1.165, 1.54) is 0 Å². The van der Waals surface area contributed by atoms with E-state index in [-0.39, 0.29) is 18.0 Å². The van der Waals surface area contributed by atoms with E-state index >= 15 is 0 Å². The van der Waals surface area contributed by atoms with Gasteiger partial charge in [-0.25, -0.2) is 0 Å². The Hall–Kier alpha value is -0.610. The van der Waals surface area contributed by atoms with Crippen molar-refractivity contribution in [2.45, 2.75) is 19.0 Å². The highest BCUT2D eigenvalue weighted by Gasteiger charge is 2.28. The molecule has 1 fully saturated rings. The molecular weight excluding hydrogens is 130 g/mol. The summed E-state index contributed by atoms with van der Waals surface area (Å²) in [6.07, 6.45) is 0. The van der Waals surface area contributed by atoms with Crippen molar-refractivity contribution in [1.82, 2.24) is 4.90 Å². The molecule has 1 heterocycles. The van der Waals surface area contributed by atoms with Gasteiger partial charge in [-0.1, -0.05) is 0 Å². The van der Waals surface area contributed by atoms with Crippen molar-refractivity contribution in [2.24, 2.45) is 11.5 Å². The molecule has 58 valence electrons. The Morgan fingerprint density at radius 1 is 1.70 bits per heavy atom. The SMILES string of the molecule is C[C@@H](N)C(=O)N1CC(N)C1. The first kappa shape index (κ1) is 7.50. The summed E-state index contributed by atoms with van der Waals surface area (Å²) in [4.78, 5) is 12.7. The molecule has 0 aromatic rings. The molecule has 0 aromatic carbocycles. The standard InChI is InChI=1S/C6H13N3O/c1-4(7)6(10)9-2-5(8)3-9/h4-5H,2-3,7-8H2,1H3/t4-/m1/s1. The van der Waals surface area contributed by atoms with Gasteiger partial charge in [0.1, 0.15) is 0 Å². The van der Waals surface area contributed by atoms with Gasteiger partial charge in [0.15, 0.2) is 0 Å². The molecule has 0 spiro atoms. The van der Waals surface area contributed by atoms with Crippen LogP contribution in [0.4, 0.5) is 0 Å². The molecule has 4 heteroatoms. The predicted molar refractivity (Wildman–Crippen MR) is 38.2 cm³/mol. The van der Waals surface area contributed by atoms with Gasteiger partial charge in [0.2, 0.25) is 5.91 Å². The van der Waals surface area contributed by atoms with Gasteiger partial charge in [0.05, 0.1) is 6.04 Å². The molecule has 0 aliphatic carbocycles. The second-order valence-corrected chi connectivity index (χ2v) is 2.79. The van der Waals surface area contributed by atoms with E-state index < -0.39 is 0 Å². The van der Waals surface area contributed by atoms with Crippen molar-refractivity contribution in [3.63, 3.8) is 0 Å². The third kappa shape index (κ3) is 1.27. The summed E-state index contributed by atoms with van der Waals surface area (Å²) in [5.41, 5.74) is 10.8. The highest BCUT2D eigenvalue weighted by molar-refractivity contribution is 5.82. The number of carbonyl (C=O) groups is 1. The Morgan fingerprint density at radius 2 is 2.20 bits per heavy atom. The van der Waals surface area contributed by atoms with E-state index in [1.54, 1.807) is 11.8 Å². The number of hydrogen-bond acceptors (Lipinski definition) is 3. The number of likely N-dealkylation sites (tertiary alicyclic amines) is 1. The lowest BCUT2D eigenvalue weighted by molar-refractivity contribution is -0.136. The lowest BCUT2D eigenvalue weighted by Crippen LogP contribution is -2.60. The number of carbonyl (C=O) groups excluding carboxylic acids is 1. The highest BCUT2D eigenvalue weighted by Crippen LogP contribution is 2.05. The maximum absolute atomic E-state index is 11.0. The normalized spacial score (nSPS) is 22.1. The van der Waals surface area contributed by atoms with Crippen molar-refractivity contribution < 1.29 is 4.79 Å². The maximum atomic E-state index is 11.0. The molecule has 1 aliphatic rings. The molecule has 1 rings (SSSR count). The van der Waals surface area contributed by atoms with Crippen LogP contribution in [0.25, 0.3) is 0 Å². The molecule has 0 bridgehead atoms. The van der Waals surface area contributed by atoms with Crippen LogP contribution in [0.2, 0.25) is 0 Å². The van der Waals surface area contributed by atoms with Crippen LogP contribution in [-0.2, 0) is 4.79 Å². The van der Waals surface area contributed by atoms with E-state index in [0.29, 0.717) is 13.1 Å². The molecule has 0 aromatic heterocycles. The lowest BCUT2D eigenvalue weighted by Gasteiger charge is -2.37. The van der Waals surface area contributed by atoms with Crippen molar-refractivity contribution in [1.29, 1.82) is 0 Å². The van der Waals surface area contributed by atoms with Gasteiger partial charge < -0.3 is 16.4 Å². The van der Waals surface area contributed by atoms with E-state index in [1.807, 2.05) is 0 Å². The third-order valence-corrected chi connectivity index (χ3v) is 1.61. The highest BCUT2D eigenvalue weighted by atomic mass is 16.2. The number of nitrogens with two attached hydrogens (primary N) is 2. The summed E-state index contributed by atoms with van der Waals surface area (Å²) in [6, 6.07) is -0.213. The summed E-state index contributed by atoms with van der Waals surface area (Å²) in [5.74, 6) is 0.00157. The van der Waals surface area contributed by atoms with Crippen molar-refractivity contribution in [3.05, 3.63) is 0 Å². The molecule has 1 aliphatic heterocycles. The van der Waals surface area contributed by atoms with Gasteiger partial charge >= 0.3 is 0 Å². The van der Waals surface area contributed by atoms with Crippen molar-refractivity contribution in [2.75, 3.05) is 13.1 Å². The van der Waals surface area contributed by atoms with Gasteiger partial charge in [-0.3, -0.25) is 4.79 Å². The number of amides is 1. The molecule has 4 N–H and O–H groups in total. The van der Waals surface area contributed by atoms with E-state index in [2.05, 4.69) is 0 Å². The largest absolute Gasteiger partial charge is 0.338 e. The van der Waals surface area contributed by atoms with Crippen LogP contribution in [0.1, 0.15) is 6.92 Å². The minimum Gasteiger partial charge on any atom is -0.338 e. The Morgan fingerprint density at radius 3 is 2.50 bits per heavy atom. The summed E-state index contributed by atoms with van der Waals surface area (Å²) < 4.78 is 0. The monoisotopic (exact) mass is 143 g/mol. The Labute approximate surface area is 60.2 Å². The van der Waals surface area contributed by atoms with Crippen molar-refractivity contribution in [3.8, 4) is 0 Å². The fourth-order valence-electron chi connectivity index (χ4n) is 0.981. The van der Waals surface area contributed by atoms with Gasteiger partial charge in [0, 0.05) is 19.1 Å². The van der Waals surface area contributed by atoms with Crippen LogP contribution >= 0.6 is 0 Å². The molecule has 0 radical (unpaired) electrons. The third-order valence-electron chi connectivity index (χ3n) is 1.61. The fourth-order valence-corrected chi connectivity index (χ4v) is 0.981. The number of hydrogen-bond donors (Lipinski definition) is 2. The van der Waals surface area contributed by atoms with Gasteiger partial charge in [-0.2, -0.15) is 0 Å². The molecule has 0 unspecified atom stereocenters. The van der Waals surface area contributed by atoms with Gasteiger partial charge in [-0.05, 0) is 6.92 Å². The number of nitrogens with zero attached hydrogens (tertiary/aromatic N) is 1. The zero-order valence-electron chi connectivity index (χ0n) is 6.08. The molecule has 10 heavy (non-hydrogen) atoms. The second kappa shape index (κ2) is 2.56. The van der Waals surface area contributed by atoms with Crippen LogP contribution in [0.15, 0.2) is 0 Å². The molecule has 1 saturated heterocycles. The molecular formula is C6H13N3O. The predicted octanol–water partition coefficient (Wildman–Crippen LogP) is -1.50. The average Bonchev–Trinajstić information content (AvgIpc) is 1.79. The van der Waals surface area contributed by atoms with Crippen LogP contribution in [0, 0.1) is 0 Å². The van der Waals surface area contributed by atoms with E-state index in [9.17, 15) is 4.79 Å². The van der Waals surface area contributed by atoms with Crippen molar-refractivity contribution >= 4 is 5.91 Å². The first-order valence-corrected chi connectivity index (χ1v) is 3.41. The van der Waals surface area contributed by atoms with Gasteiger partial charge in [0.25, 0.3) is 0 Å².